The summed E-state index contributed by atoms with van der Waals surface area (Å²) in [6.45, 7) is 25.5. The summed E-state index contributed by atoms with van der Waals surface area (Å²) in [5, 5.41) is 0. The molecule has 3 aliphatic rings. The molecule has 3 aliphatic heterocycles. The number of aryl methyl sites for hydroxylation is 3. The van der Waals surface area contributed by atoms with Gasteiger partial charge in [0.25, 0.3) is 0 Å². The van der Waals surface area contributed by atoms with Crippen LogP contribution in [0.4, 0.5) is 17.5 Å². The first-order valence-corrected chi connectivity index (χ1v) is 27.6. The number of anilines is 3. The Morgan fingerprint density at radius 3 is 1.17 bits per heavy atom. The van der Waals surface area contributed by atoms with E-state index in [0.29, 0.717) is 18.1 Å². The van der Waals surface area contributed by atoms with E-state index in [9.17, 15) is 0 Å². The van der Waals surface area contributed by atoms with Crippen LogP contribution < -0.4 is 14.7 Å². The molecule has 0 amide bonds. The van der Waals surface area contributed by atoms with Crippen LogP contribution in [0.25, 0.3) is 30.6 Å². The Morgan fingerprint density at radius 2 is 0.773 bits per heavy atom. The number of aromatic nitrogens is 6. The van der Waals surface area contributed by atoms with Crippen molar-refractivity contribution in [3.05, 3.63) is 159 Å². The van der Waals surface area contributed by atoms with Crippen molar-refractivity contribution in [2.24, 2.45) is 0 Å². The number of benzene rings is 4. The molecule has 0 spiro atoms. The smallest absolute Gasteiger partial charge is 0.225 e. The van der Waals surface area contributed by atoms with Crippen molar-refractivity contribution in [2.75, 3.05) is 93.2 Å². The third kappa shape index (κ3) is 15.2. The Balaban J connectivity index is 0.000000161. The van der Waals surface area contributed by atoms with Crippen molar-refractivity contribution in [3.63, 3.8) is 0 Å². The van der Waals surface area contributed by atoms with Crippen molar-refractivity contribution in [1.82, 2.24) is 44.6 Å². The van der Waals surface area contributed by atoms with E-state index in [4.69, 9.17) is 0 Å². The van der Waals surface area contributed by atoms with E-state index >= 15 is 0 Å². The first-order valence-electron chi connectivity index (χ1n) is 25.2. The number of rotatable bonds is 9. The topological polar surface area (TPSA) is 96.8 Å². The van der Waals surface area contributed by atoms with Gasteiger partial charge in [0.15, 0.2) is 0 Å². The van der Waals surface area contributed by atoms with Crippen molar-refractivity contribution in [1.29, 1.82) is 0 Å². The van der Waals surface area contributed by atoms with Gasteiger partial charge in [0.05, 0.1) is 0 Å². The van der Waals surface area contributed by atoms with Gasteiger partial charge in [-0.2, -0.15) is 0 Å². The molecular weight excluding hydrogens is 1220 g/mol. The van der Waals surface area contributed by atoms with E-state index in [-0.39, 0.29) is 98.1 Å². The van der Waals surface area contributed by atoms with Gasteiger partial charge in [-0.25, -0.2) is 15.0 Å². The Hall–Kier alpha value is -2.63. The number of thiazole rings is 3. The fourth-order valence-corrected chi connectivity index (χ4v) is 11.6. The van der Waals surface area contributed by atoms with Crippen LogP contribution >= 0.6 is 34.0 Å². The monoisotopic (exact) mass is 1280 g/mol. The summed E-state index contributed by atoms with van der Waals surface area (Å²) in [4.78, 5) is 41.2. The maximum absolute atomic E-state index is 4.56. The first kappa shape index (κ1) is 60.0. The maximum Gasteiger partial charge on any atom is 0.225 e. The zero-order valence-electron chi connectivity index (χ0n) is 43.9. The SMILES string of the molecule is Cc1ccc(N2CCN(C(C)c3ccc4s[c-]nc4c3)CC2)cc1.Cc1ccc(N2CCN(C(C)c3ccc4s[c-]nc4c3)CC2)nc1.Cc1cnc(N2CCN(C(C)c3ccc4s[c-]nc4c3)CC2)nc1.[Y].[Y].[Y]. The molecule has 8 heterocycles. The summed E-state index contributed by atoms with van der Waals surface area (Å²) in [5.41, 5.74) is 21.1. The quantitative estimate of drug-likeness (QED) is 0.129. The molecule has 3 atom stereocenters. The number of pyridine rings is 1. The van der Waals surface area contributed by atoms with Crippen LogP contribution in [0.5, 0.6) is 0 Å². The van der Waals surface area contributed by atoms with Crippen LogP contribution in [0.3, 0.4) is 0 Å². The standard InChI is InChI=1S/C20H22N3S.C19H21N4S.C18H20N5S.3Y/c1-15-3-6-18(7-4-15)23-11-9-22(10-12-23)16(2)17-5-8-20-19(13-17)21-14-24-20;1-14-3-6-19(20-12-14)23-9-7-22(8-10-23)15(2)16-4-5-18-17(11-16)21-13-24-18;1-13-10-19-18(20-11-13)23-7-5-22(6-8-23)14(2)15-3-4-17-16(9-15)21-12-24-17;;;/h3-8,13,16H,9-12H2,1-2H3;3-6,11-12,15H,7-10H2,1-2H3;3-4,9-11,14H,5-8H2,1-2H3;;;/q3*-1;;;. The molecule has 0 N–H and O–H groups in total. The van der Waals surface area contributed by atoms with Gasteiger partial charge in [-0.1, -0.05) is 76.7 Å². The van der Waals surface area contributed by atoms with E-state index in [2.05, 4.69) is 201 Å². The van der Waals surface area contributed by atoms with Gasteiger partial charge >= 0.3 is 0 Å². The normalized spacial score (nSPS) is 16.6. The molecule has 4 aromatic carbocycles. The van der Waals surface area contributed by atoms with E-state index in [1.165, 1.54) is 47.6 Å². The van der Waals surface area contributed by atoms with Crippen molar-refractivity contribution in [2.45, 2.75) is 59.7 Å². The minimum atomic E-state index is 0. The van der Waals surface area contributed by atoms with E-state index in [0.717, 1.165) is 112 Å². The first-order chi connectivity index (χ1) is 35.1. The van der Waals surface area contributed by atoms with E-state index in [1.807, 2.05) is 25.5 Å². The predicted octanol–water partition coefficient (Wildman–Crippen LogP) is 11.0. The average molecular weight is 1280 g/mol. The molecule has 3 radical (unpaired) electrons. The van der Waals surface area contributed by atoms with Gasteiger partial charge in [0.1, 0.15) is 5.82 Å². The molecule has 0 aliphatic carbocycles. The number of hydrogen-bond acceptors (Lipinski definition) is 15. The molecule has 18 heteroatoms. The molecule has 12 nitrogen and oxygen atoms in total. The molecule has 381 valence electrons. The fourth-order valence-electron chi connectivity index (χ4n) is 9.87. The van der Waals surface area contributed by atoms with Crippen LogP contribution in [-0.2, 0) is 98.1 Å². The molecule has 3 saturated heterocycles. The molecule has 0 bridgehead atoms. The van der Waals surface area contributed by atoms with Gasteiger partial charge in [0.2, 0.25) is 5.95 Å². The van der Waals surface area contributed by atoms with Gasteiger partial charge in [-0.15, -0.1) is 32.3 Å². The Bertz CT molecular complexity index is 2810. The summed E-state index contributed by atoms with van der Waals surface area (Å²) in [6.07, 6.45) is 5.72. The predicted molar refractivity (Wildman–Crippen MR) is 299 cm³/mol. The second kappa shape index (κ2) is 28.5. The largest absolute Gasteiger partial charge is 0.386 e. The van der Waals surface area contributed by atoms with Gasteiger partial charge in [-0.3, -0.25) is 48.7 Å². The summed E-state index contributed by atoms with van der Waals surface area (Å²) >= 11 is 4.74. The van der Waals surface area contributed by atoms with Crippen molar-refractivity contribution >= 4 is 82.1 Å². The zero-order chi connectivity index (χ0) is 49.6. The Morgan fingerprint density at radius 1 is 0.400 bits per heavy atom. The second-order valence-corrected chi connectivity index (χ2v) is 21.8. The third-order valence-electron chi connectivity index (χ3n) is 14.6. The van der Waals surface area contributed by atoms with Crippen LogP contribution in [0.1, 0.15) is 72.3 Å². The van der Waals surface area contributed by atoms with Crippen molar-refractivity contribution in [3.8, 4) is 0 Å². The van der Waals surface area contributed by atoms with Crippen LogP contribution in [0.15, 0.2) is 110 Å². The molecule has 5 aromatic heterocycles. The maximum atomic E-state index is 4.56. The molecule has 12 rings (SSSR count). The number of fused-ring (bicyclic) bond motifs is 3. The summed E-state index contributed by atoms with van der Waals surface area (Å²) in [7, 11) is 0. The number of nitrogens with zero attached hydrogens (tertiary/aromatic N) is 12. The Kier molecular flexibility index (Phi) is 22.8. The number of piperazine rings is 3. The number of hydrogen-bond donors (Lipinski definition) is 0. The van der Waals surface area contributed by atoms with Crippen LogP contribution in [0, 0.1) is 37.3 Å². The molecule has 3 fully saturated rings. The molecular formula is C57H63N12S3Y3-3. The van der Waals surface area contributed by atoms with Crippen LogP contribution in [-0.4, -0.2) is 123 Å². The van der Waals surface area contributed by atoms with E-state index in [1.54, 1.807) is 34.0 Å². The Labute approximate surface area is 530 Å². The summed E-state index contributed by atoms with van der Waals surface area (Å²) in [5.74, 6) is 1.93. The third-order valence-corrected chi connectivity index (χ3v) is 16.9. The van der Waals surface area contributed by atoms with Crippen LogP contribution in [0.2, 0.25) is 0 Å². The molecule has 75 heavy (non-hydrogen) atoms. The zero-order valence-corrected chi connectivity index (χ0v) is 54.9. The molecule has 9 aromatic rings. The summed E-state index contributed by atoms with van der Waals surface area (Å²) in [6, 6.07) is 34.2. The van der Waals surface area contributed by atoms with Gasteiger partial charge < -0.3 is 29.7 Å². The molecule has 0 saturated carbocycles. The fraction of sp³-hybridized carbons (Fsp3) is 0.368. The minimum absolute atomic E-state index is 0. The summed E-state index contributed by atoms with van der Waals surface area (Å²) < 4.78 is 3.63. The minimum Gasteiger partial charge on any atom is -0.386 e. The van der Waals surface area contributed by atoms with E-state index < -0.39 is 0 Å². The molecule has 3 unspecified atom stereocenters. The van der Waals surface area contributed by atoms with Gasteiger partial charge in [-0.05, 0) is 104 Å². The second-order valence-electron chi connectivity index (χ2n) is 19.3. The van der Waals surface area contributed by atoms with Gasteiger partial charge in [0, 0.05) is 219 Å². The average Bonchev–Trinajstić information content (AvgIpc) is 4.23. The van der Waals surface area contributed by atoms with Crippen molar-refractivity contribution < 1.29 is 98.1 Å².